The van der Waals surface area contributed by atoms with Gasteiger partial charge in [-0.25, -0.2) is 13.4 Å². The van der Waals surface area contributed by atoms with Gasteiger partial charge in [0.15, 0.2) is 0 Å². The smallest absolute Gasteiger partial charge is 0.252 e. The van der Waals surface area contributed by atoms with Crippen LogP contribution in [0.5, 0.6) is 0 Å². The van der Waals surface area contributed by atoms with Crippen molar-refractivity contribution in [1.82, 2.24) is 0 Å². The number of piperidine rings is 1. The van der Waals surface area contributed by atoms with E-state index in [1.165, 1.54) is 17.7 Å². The highest BCUT2D eigenvalue weighted by Crippen LogP contribution is 2.20. The first-order valence-electron chi connectivity index (χ1n) is 11.8. The Kier molecular flexibility index (Phi) is 9.74. The van der Waals surface area contributed by atoms with Gasteiger partial charge in [-0.3, -0.25) is 4.79 Å². The van der Waals surface area contributed by atoms with E-state index < -0.39 is 10.1 Å². The number of aryl methyl sites for hydroxylation is 1. The van der Waals surface area contributed by atoms with Crippen LogP contribution in [0.2, 0.25) is 0 Å². The van der Waals surface area contributed by atoms with Gasteiger partial charge in [0.25, 0.3) is 5.91 Å². The third kappa shape index (κ3) is 9.12. The summed E-state index contributed by atoms with van der Waals surface area (Å²) in [7, 11) is 0.203. The lowest BCUT2D eigenvalue weighted by Gasteiger charge is -2.34. The summed E-state index contributed by atoms with van der Waals surface area (Å²) in [6, 6.07) is 14.2. The van der Waals surface area contributed by atoms with Crippen molar-refractivity contribution in [3.63, 3.8) is 0 Å². The second-order valence-corrected chi connectivity index (χ2v) is 11.6. The van der Waals surface area contributed by atoms with E-state index in [-0.39, 0.29) is 16.7 Å². The van der Waals surface area contributed by atoms with Crippen molar-refractivity contribution in [2.75, 3.05) is 27.2 Å². The van der Waals surface area contributed by atoms with Crippen LogP contribution in [-0.2, 0) is 21.3 Å². The van der Waals surface area contributed by atoms with Gasteiger partial charge in [0.2, 0.25) is 0 Å². The molecule has 2 aromatic carbocycles. The van der Waals surface area contributed by atoms with Crippen LogP contribution < -0.4 is 0 Å². The van der Waals surface area contributed by atoms with Crippen LogP contribution in [-0.4, -0.2) is 56.3 Å². The van der Waals surface area contributed by atoms with Gasteiger partial charge in [-0.05, 0) is 49.4 Å². The zero-order valence-corrected chi connectivity index (χ0v) is 22.1. The molecule has 1 atom stereocenters. The Morgan fingerprint density at radius 2 is 1.50 bits per heavy atom. The Labute approximate surface area is 205 Å². The first-order valence-corrected chi connectivity index (χ1v) is 13.2. The molecule has 1 aliphatic rings. The Hall–Kier alpha value is -2.35. The fourth-order valence-corrected chi connectivity index (χ4v) is 4.20. The first kappa shape index (κ1) is 27.9. The summed E-state index contributed by atoms with van der Waals surface area (Å²) < 4.78 is 32.2. The number of carbonyl (C=O) groups is 1. The van der Waals surface area contributed by atoms with Crippen molar-refractivity contribution in [2.45, 2.75) is 57.8 Å². The highest BCUT2D eigenvalue weighted by molar-refractivity contribution is 7.85. The van der Waals surface area contributed by atoms with E-state index in [0.29, 0.717) is 5.92 Å². The summed E-state index contributed by atoms with van der Waals surface area (Å²) in [6.45, 7) is 10.4. The molecule has 0 aliphatic carbocycles. The SMILES string of the molecule is CC(C)Cc1ccc([C@@H](C)C(=O)N=C2CC[N+](C)(C)CC2)cc1.Cc1ccc(S(=O)(=O)[O-])cc1. The molecule has 1 saturated heterocycles. The minimum atomic E-state index is -4.27. The van der Waals surface area contributed by atoms with E-state index in [9.17, 15) is 17.8 Å². The zero-order chi connectivity index (χ0) is 25.5. The van der Waals surface area contributed by atoms with Crippen molar-refractivity contribution in [1.29, 1.82) is 0 Å². The Morgan fingerprint density at radius 1 is 0.971 bits per heavy atom. The molecule has 7 heteroatoms. The lowest BCUT2D eigenvalue weighted by molar-refractivity contribution is -0.891. The van der Waals surface area contributed by atoms with E-state index in [1.807, 2.05) is 13.8 Å². The number of hydrogen-bond acceptors (Lipinski definition) is 4. The number of carbonyl (C=O) groups excluding carboxylic acids is 1. The average molecular weight is 487 g/mol. The predicted octanol–water partition coefficient (Wildman–Crippen LogP) is 4.73. The largest absolute Gasteiger partial charge is 0.744 e. The van der Waals surface area contributed by atoms with Gasteiger partial charge in [-0.1, -0.05) is 55.8 Å². The number of quaternary nitrogens is 1. The molecule has 1 heterocycles. The minimum Gasteiger partial charge on any atom is -0.744 e. The predicted molar refractivity (Wildman–Crippen MR) is 136 cm³/mol. The third-order valence-electron chi connectivity index (χ3n) is 6.08. The Bertz CT molecular complexity index is 1070. The summed E-state index contributed by atoms with van der Waals surface area (Å²) in [5, 5.41) is 0. The molecule has 2 aromatic rings. The average Bonchev–Trinajstić information content (AvgIpc) is 2.75. The fourth-order valence-electron chi connectivity index (χ4n) is 3.73. The lowest BCUT2D eigenvalue weighted by Crippen LogP contribution is -2.46. The van der Waals surface area contributed by atoms with Gasteiger partial charge in [0.1, 0.15) is 10.1 Å². The molecule has 0 saturated carbocycles. The molecule has 0 aromatic heterocycles. The molecular formula is C27H38N2O4S. The van der Waals surface area contributed by atoms with Crippen LogP contribution in [0.4, 0.5) is 0 Å². The number of rotatable bonds is 5. The molecule has 0 bridgehead atoms. The molecule has 6 nitrogen and oxygen atoms in total. The van der Waals surface area contributed by atoms with Crippen LogP contribution in [0.15, 0.2) is 58.4 Å². The van der Waals surface area contributed by atoms with Gasteiger partial charge in [0, 0.05) is 18.6 Å². The molecule has 186 valence electrons. The molecule has 0 unspecified atom stereocenters. The van der Waals surface area contributed by atoms with E-state index in [0.717, 1.165) is 53.7 Å². The summed E-state index contributed by atoms with van der Waals surface area (Å²) in [4.78, 5) is 16.7. The maximum absolute atomic E-state index is 12.4. The molecule has 0 radical (unpaired) electrons. The monoisotopic (exact) mass is 486 g/mol. The number of benzene rings is 2. The van der Waals surface area contributed by atoms with Gasteiger partial charge in [-0.2, -0.15) is 0 Å². The van der Waals surface area contributed by atoms with Crippen molar-refractivity contribution in [3.8, 4) is 0 Å². The number of likely N-dealkylation sites (tertiary alicyclic amines) is 1. The summed E-state index contributed by atoms with van der Waals surface area (Å²) in [6.07, 6.45) is 2.97. The lowest BCUT2D eigenvalue weighted by atomic mass is 9.96. The molecule has 1 aliphatic heterocycles. The molecular weight excluding hydrogens is 448 g/mol. The third-order valence-corrected chi connectivity index (χ3v) is 6.93. The second kappa shape index (κ2) is 11.9. The molecule has 3 rings (SSSR count). The maximum atomic E-state index is 12.4. The summed E-state index contributed by atoms with van der Waals surface area (Å²) in [5.74, 6) is 0.504. The Morgan fingerprint density at radius 3 is 1.97 bits per heavy atom. The number of nitrogens with zero attached hydrogens (tertiary/aromatic N) is 2. The number of aliphatic imine (C=N–C) groups is 1. The fraction of sp³-hybridized carbons (Fsp3) is 0.481. The van der Waals surface area contributed by atoms with Crippen LogP contribution >= 0.6 is 0 Å². The first-order chi connectivity index (χ1) is 15.8. The number of hydrogen-bond donors (Lipinski definition) is 0. The van der Waals surface area contributed by atoms with Crippen LogP contribution in [0, 0.1) is 12.8 Å². The highest BCUT2D eigenvalue weighted by Gasteiger charge is 2.24. The summed E-state index contributed by atoms with van der Waals surface area (Å²) in [5.41, 5.74) is 4.41. The quantitative estimate of drug-likeness (QED) is 0.452. The van der Waals surface area contributed by atoms with Crippen LogP contribution in [0.1, 0.15) is 56.2 Å². The van der Waals surface area contributed by atoms with E-state index in [4.69, 9.17) is 0 Å². The zero-order valence-electron chi connectivity index (χ0n) is 21.2. The highest BCUT2D eigenvalue weighted by atomic mass is 32.2. The van der Waals surface area contributed by atoms with Crippen molar-refractivity contribution < 1.29 is 22.2 Å². The van der Waals surface area contributed by atoms with Crippen LogP contribution in [0.25, 0.3) is 0 Å². The molecule has 1 fully saturated rings. The topological polar surface area (TPSA) is 86.6 Å². The maximum Gasteiger partial charge on any atom is 0.252 e. The van der Waals surface area contributed by atoms with Crippen molar-refractivity contribution in [2.24, 2.45) is 10.9 Å². The van der Waals surface area contributed by atoms with Gasteiger partial charge in [0.05, 0.1) is 38.0 Å². The Balaban J connectivity index is 0.000000310. The second-order valence-electron chi connectivity index (χ2n) is 10.2. The molecule has 34 heavy (non-hydrogen) atoms. The van der Waals surface area contributed by atoms with Gasteiger partial charge < -0.3 is 9.04 Å². The number of amides is 1. The van der Waals surface area contributed by atoms with E-state index in [2.05, 4.69) is 57.2 Å². The van der Waals surface area contributed by atoms with Crippen LogP contribution in [0.3, 0.4) is 0 Å². The van der Waals surface area contributed by atoms with E-state index >= 15 is 0 Å². The van der Waals surface area contributed by atoms with Gasteiger partial charge >= 0.3 is 0 Å². The molecule has 0 N–H and O–H groups in total. The van der Waals surface area contributed by atoms with E-state index in [1.54, 1.807) is 12.1 Å². The van der Waals surface area contributed by atoms with Gasteiger partial charge in [-0.15, -0.1) is 0 Å². The van der Waals surface area contributed by atoms with Crippen molar-refractivity contribution in [3.05, 3.63) is 65.2 Å². The standard InChI is InChI=1S/C20H31N2O.C7H8O3S/c1-15(2)14-17-6-8-18(9-7-17)16(3)20(23)21-19-10-12-22(4,5)13-11-19;1-6-2-4-7(5-3-6)11(8,9)10/h6-9,15-16H,10-14H2,1-5H3;2-5H,1H3,(H,8,9,10)/q+1;/p-1/t16-;/m1./s1. The minimum absolute atomic E-state index is 0.00353. The molecule has 1 amide bonds. The molecule has 0 spiro atoms. The van der Waals surface area contributed by atoms with Crippen molar-refractivity contribution >= 4 is 21.7 Å². The summed E-state index contributed by atoms with van der Waals surface area (Å²) >= 11 is 0. The normalized spacial score (nSPS) is 16.4.